The minimum absolute atomic E-state index is 0.0172. The molecule has 0 unspecified atom stereocenters. The lowest BCUT2D eigenvalue weighted by molar-refractivity contribution is -0.123. The van der Waals surface area contributed by atoms with Gasteiger partial charge in [0.25, 0.3) is 5.91 Å². The summed E-state index contributed by atoms with van der Waals surface area (Å²) >= 11 is 11.7. The summed E-state index contributed by atoms with van der Waals surface area (Å²) in [5, 5.41) is 3.42. The van der Waals surface area contributed by atoms with Gasteiger partial charge in [-0.3, -0.25) is 4.79 Å². The molecule has 0 aliphatic carbocycles. The highest BCUT2D eigenvalue weighted by Crippen LogP contribution is 2.27. The van der Waals surface area contributed by atoms with Crippen molar-refractivity contribution in [3.63, 3.8) is 0 Å². The van der Waals surface area contributed by atoms with Gasteiger partial charge in [-0.25, -0.2) is 8.42 Å². The molecule has 1 heterocycles. The summed E-state index contributed by atoms with van der Waals surface area (Å²) in [5.41, 5.74) is 0. The Hall–Kier alpha value is -0.980. The molecule has 110 valence electrons. The first-order chi connectivity index (χ1) is 9.35. The number of benzene rings is 1. The highest BCUT2D eigenvalue weighted by Gasteiger charge is 2.28. The number of carbonyl (C=O) groups is 1. The highest BCUT2D eigenvalue weighted by atomic mass is 35.5. The van der Waals surface area contributed by atoms with Gasteiger partial charge in [0.05, 0.1) is 16.5 Å². The fourth-order valence-corrected chi connectivity index (χ4v) is 3.92. The first-order valence-corrected chi connectivity index (χ1v) is 8.51. The molecule has 0 aromatic heterocycles. The fourth-order valence-electron chi connectivity index (χ4n) is 1.91. The maximum absolute atomic E-state index is 11.7. The molecule has 0 spiro atoms. The summed E-state index contributed by atoms with van der Waals surface area (Å²) < 4.78 is 27.8. The number of sulfone groups is 1. The van der Waals surface area contributed by atoms with Crippen LogP contribution in [0.5, 0.6) is 5.75 Å². The van der Waals surface area contributed by atoms with Crippen molar-refractivity contribution < 1.29 is 17.9 Å². The standard InChI is InChI=1S/C12H13Cl2NO4S/c13-8-1-2-10(14)11(5-8)19-6-12(16)15-9-3-4-20(17,18)7-9/h1-2,5,9H,3-4,6-7H2,(H,15,16)/t9-/m0/s1. The van der Waals surface area contributed by atoms with Crippen LogP contribution in [-0.2, 0) is 14.6 Å². The van der Waals surface area contributed by atoms with Crippen LogP contribution in [0.4, 0.5) is 0 Å². The minimum atomic E-state index is -3.01. The lowest BCUT2D eigenvalue weighted by atomic mass is 10.2. The molecule has 1 amide bonds. The fraction of sp³-hybridized carbons (Fsp3) is 0.417. The Morgan fingerprint density at radius 3 is 2.80 bits per heavy atom. The van der Waals surface area contributed by atoms with E-state index in [4.69, 9.17) is 27.9 Å². The number of hydrogen-bond acceptors (Lipinski definition) is 4. The van der Waals surface area contributed by atoms with Crippen LogP contribution in [0, 0.1) is 0 Å². The van der Waals surface area contributed by atoms with E-state index in [0.717, 1.165) is 0 Å². The SMILES string of the molecule is O=C(COc1cc(Cl)ccc1Cl)N[C@H]1CCS(=O)(=O)C1. The van der Waals surface area contributed by atoms with E-state index in [2.05, 4.69) is 5.32 Å². The maximum Gasteiger partial charge on any atom is 0.258 e. The summed E-state index contributed by atoms with van der Waals surface area (Å²) in [4.78, 5) is 11.7. The summed E-state index contributed by atoms with van der Waals surface area (Å²) in [6, 6.07) is 4.35. The van der Waals surface area contributed by atoms with Crippen molar-refractivity contribution in [1.82, 2.24) is 5.32 Å². The quantitative estimate of drug-likeness (QED) is 0.907. The summed E-state index contributed by atoms with van der Waals surface area (Å²) in [7, 11) is -3.01. The van der Waals surface area contributed by atoms with Crippen LogP contribution in [0.3, 0.4) is 0 Å². The molecule has 0 bridgehead atoms. The Morgan fingerprint density at radius 1 is 1.40 bits per heavy atom. The van der Waals surface area contributed by atoms with Gasteiger partial charge in [0.2, 0.25) is 0 Å². The second kappa shape index (κ2) is 6.20. The Morgan fingerprint density at radius 2 is 2.15 bits per heavy atom. The molecule has 1 saturated heterocycles. The Balaban J connectivity index is 1.85. The van der Waals surface area contributed by atoms with Crippen LogP contribution >= 0.6 is 23.2 Å². The zero-order chi connectivity index (χ0) is 14.8. The number of halogens is 2. The van der Waals surface area contributed by atoms with Crippen molar-refractivity contribution in [1.29, 1.82) is 0 Å². The van der Waals surface area contributed by atoms with Crippen LogP contribution in [-0.4, -0.2) is 38.5 Å². The topological polar surface area (TPSA) is 72.5 Å². The monoisotopic (exact) mass is 337 g/mol. The van der Waals surface area contributed by atoms with Crippen molar-refractivity contribution in [3.05, 3.63) is 28.2 Å². The lowest BCUT2D eigenvalue weighted by Crippen LogP contribution is -2.38. The van der Waals surface area contributed by atoms with Gasteiger partial charge in [-0.1, -0.05) is 23.2 Å². The van der Waals surface area contributed by atoms with Crippen molar-refractivity contribution in [2.75, 3.05) is 18.1 Å². The third-order valence-corrected chi connectivity index (χ3v) is 5.16. The minimum Gasteiger partial charge on any atom is -0.482 e. The number of rotatable bonds is 4. The molecule has 5 nitrogen and oxygen atoms in total. The molecule has 1 atom stereocenters. The van der Waals surface area contributed by atoms with Gasteiger partial charge < -0.3 is 10.1 Å². The molecule has 1 fully saturated rings. The van der Waals surface area contributed by atoms with Gasteiger partial charge in [-0.05, 0) is 18.6 Å². The molecule has 0 saturated carbocycles. The largest absolute Gasteiger partial charge is 0.482 e. The van der Waals surface area contributed by atoms with Crippen molar-refractivity contribution in [2.24, 2.45) is 0 Å². The predicted molar refractivity (Wildman–Crippen MR) is 77.2 cm³/mol. The van der Waals surface area contributed by atoms with E-state index in [1.54, 1.807) is 12.1 Å². The van der Waals surface area contributed by atoms with E-state index in [0.29, 0.717) is 22.2 Å². The normalized spacial score (nSPS) is 20.6. The first kappa shape index (κ1) is 15.4. The molecule has 1 aromatic carbocycles. The summed E-state index contributed by atoms with van der Waals surface area (Å²) in [6.45, 7) is -0.239. The van der Waals surface area contributed by atoms with Gasteiger partial charge >= 0.3 is 0 Å². The first-order valence-electron chi connectivity index (χ1n) is 5.93. The molecular weight excluding hydrogens is 325 g/mol. The van der Waals surface area contributed by atoms with E-state index in [-0.39, 0.29) is 30.1 Å². The van der Waals surface area contributed by atoms with E-state index >= 15 is 0 Å². The lowest BCUT2D eigenvalue weighted by Gasteiger charge is -2.12. The number of amides is 1. The summed E-state index contributed by atoms with van der Waals surface area (Å²) in [6.07, 6.45) is 0.437. The molecule has 1 aliphatic rings. The maximum atomic E-state index is 11.7. The van der Waals surface area contributed by atoms with E-state index in [9.17, 15) is 13.2 Å². The number of carbonyl (C=O) groups excluding carboxylic acids is 1. The van der Waals surface area contributed by atoms with Crippen LogP contribution in [0.2, 0.25) is 10.0 Å². The van der Waals surface area contributed by atoms with Crippen LogP contribution in [0.15, 0.2) is 18.2 Å². The van der Waals surface area contributed by atoms with Gasteiger partial charge in [0.1, 0.15) is 5.75 Å². The van der Waals surface area contributed by atoms with E-state index in [1.807, 2.05) is 0 Å². The predicted octanol–water partition coefficient (Wildman–Crippen LogP) is 1.68. The third-order valence-electron chi connectivity index (χ3n) is 2.85. The van der Waals surface area contributed by atoms with Gasteiger partial charge in [-0.15, -0.1) is 0 Å². The molecule has 20 heavy (non-hydrogen) atoms. The molecule has 0 radical (unpaired) electrons. The molecule has 1 N–H and O–H groups in total. The Bertz CT molecular complexity index is 618. The average Bonchev–Trinajstić information content (AvgIpc) is 2.70. The van der Waals surface area contributed by atoms with Crippen molar-refractivity contribution >= 4 is 38.9 Å². The number of ether oxygens (including phenoxy) is 1. The molecule has 2 rings (SSSR count). The highest BCUT2D eigenvalue weighted by molar-refractivity contribution is 7.91. The van der Waals surface area contributed by atoms with Crippen LogP contribution in [0.1, 0.15) is 6.42 Å². The van der Waals surface area contributed by atoms with Crippen LogP contribution in [0.25, 0.3) is 0 Å². The third kappa shape index (κ3) is 4.26. The Labute approximate surface area is 127 Å². The van der Waals surface area contributed by atoms with Gasteiger partial charge in [0, 0.05) is 17.1 Å². The second-order valence-electron chi connectivity index (χ2n) is 4.53. The molecule has 1 aliphatic heterocycles. The van der Waals surface area contributed by atoms with Gasteiger partial charge in [-0.2, -0.15) is 0 Å². The van der Waals surface area contributed by atoms with Crippen LogP contribution < -0.4 is 10.1 Å². The average molecular weight is 338 g/mol. The summed E-state index contributed by atoms with van der Waals surface area (Å²) in [5.74, 6) is 0.0202. The smallest absolute Gasteiger partial charge is 0.258 e. The second-order valence-corrected chi connectivity index (χ2v) is 7.60. The van der Waals surface area contributed by atoms with E-state index < -0.39 is 9.84 Å². The molecular formula is C12H13Cl2NO4S. The van der Waals surface area contributed by atoms with Gasteiger partial charge in [0.15, 0.2) is 16.4 Å². The molecule has 8 heteroatoms. The number of hydrogen-bond donors (Lipinski definition) is 1. The molecule has 1 aromatic rings. The van der Waals surface area contributed by atoms with Crippen molar-refractivity contribution in [2.45, 2.75) is 12.5 Å². The number of nitrogens with one attached hydrogen (secondary N) is 1. The zero-order valence-corrected chi connectivity index (χ0v) is 12.8. The Kier molecular flexibility index (Phi) is 4.78. The van der Waals surface area contributed by atoms with E-state index in [1.165, 1.54) is 6.07 Å². The zero-order valence-electron chi connectivity index (χ0n) is 10.4. The van der Waals surface area contributed by atoms with Crippen molar-refractivity contribution in [3.8, 4) is 5.75 Å².